The predicted octanol–water partition coefficient (Wildman–Crippen LogP) is 3.59. The molecule has 1 aliphatic carbocycles. The van der Waals surface area contributed by atoms with Gasteiger partial charge in [-0.2, -0.15) is 0 Å². The molecule has 0 saturated carbocycles. The largest absolute Gasteiger partial charge is 0.385 e. The lowest BCUT2D eigenvalue weighted by Crippen LogP contribution is -2.15. The van der Waals surface area contributed by atoms with Crippen molar-refractivity contribution in [1.29, 1.82) is 0 Å². The highest BCUT2D eigenvalue weighted by atomic mass is 19.1. The van der Waals surface area contributed by atoms with Crippen molar-refractivity contribution in [2.45, 2.75) is 19.3 Å². The van der Waals surface area contributed by atoms with Gasteiger partial charge < -0.3 is 5.32 Å². The van der Waals surface area contributed by atoms with Crippen LogP contribution in [0.15, 0.2) is 36.4 Å². The molecule has 2 heteroatoms. The molecule has 1 aromatic carbocycles. The van der Waals surface area contributed by atoms with Gasteiger partial charge in [0.1, 0.15) is 5.82 Å². The zero-order valence-corrected chi connectivity index (χ0v) is 8.75. The predicted molar refractivity (Wildman–Crippen MR) is 61.4 cm³/mol. The molecule has 0 radical (unpaired) electrons. The van der Waals surface area contributed by atoms with E-state index in [0.29, 0.717) is 5.92 Å². The monoisotopic (exact) mass is 205 g/mol. The van der Waals surface area contributed by atoms with E-state index in [0.717, 1.165) is 18.7 Å². The maximum atomic E-state index is 12.9. The Morgan fingerprint density at radius 3 is 3.00 bits per heavy atom. The quantitative estimate of drug-likeness (QED) is 0.743. The summed E-state index contributed by atoms with van der Waals surface area (Å²) in [6.45, 7) is 0.938. The second-order valence-corrected chi connectivity index (χ2v) is 4.04. The normalized spacial score (nSPS) is 20.2. The van der Waals surface area contributed by atoms with Crippen molar-refractivity contribution in [3.8, 4) is 0 Å². The van der Waals surface area contributed by atoms with Crippen molar-refractivity contribution in [2.24, 2.45) is 5.92 Å². The van der Waals surface area contributed by atoms with Crippen LogP contribution in [-0.2, 0) is 0 Å². The third-order valence-electron chi connectivity index (χ3n) is 2.80. The molecule has 0 aromatic heterocycles. The van der Waals surface area contributed by atoms with Gasteiger partial charge in [-0.05, 0) is 43.4 Å². The maximum Gasteiger partial charge on any atom is 0.125 e. The van der Waals surface area contributed by atoms with Gasteiger partial charge in [0.25, 0.3) is 0 Å². The summed E-state index contributed by atoms with van der Waals surface area (Å²) in [4.78, 5) is 0. The van der Waals surface area contributed by atoms with E-state index in [1.165, 1.54) is 18.9 Å². The third-order valence-corrected chi connectivity index (χ3v) is 2.80. The molecule has 0 saturated heterocycles. The van der Waals surface area contributed by atoms with Crippen molar-refractivity contribution in [3.63, 3.8) is 0 Å². The second kappa shape index (κ2) is 4.96. The van der Waals surface area contributed by atoms with E-state index in [2.05, 4.69) is 17.5 Å². The van der Waals surface area contributed by atoms with Gasteiger partial charge in [-0.3, -0.25) is 0 Å². The lowest BCUT2D eigenvalue weighted by atomic mass is 9.94. The Balaban J connectivity index is 1.84. The molecule has 2 rings (SSSR count). The van der Waals surface area contributed by atoms with E-state index in [4.69, 9.17) is 0 Å². The Bertz CT molecular complexity index is 346. The summed E-state index contributed by atoms with van der Waals surface area (Å²) < 4.78 is 12.9. The Kier molecular flexibility index (Phi) is 3.38. The first-order valence-corrected chi connectivity index (χ1v) is 5.49. The molecule has 0 fully saturated rings. The molecule has 80 valence electrons. The Morgan fingerprint density at radius 1 is 1.33 bits per heavy atom. The van der Waals surface area contributed by atoms with Crippen molar-refractivity contribution in [1.82, 2.24) is 0 Å². The lowest BCUT2D eigenvalue weighted by Gasteiger charge is -2.18. The summed E-state index contributed by atoms with van der Waals surface area (Å²) in [7, 11) is 0. The highest BCUT2D eigenvalue weighted by Crippen LogP contribution is 2.19. The van der Waals surface area contributed by atoms with Gasteiger partial charge in [0.15, 0.2) is 0 Å². The summed E-state index contributed by atoms with van der Waals surface area (Å²) >= 11 is 0. The first-order valence-electron chi connectivity index (χ1n) is 5.49. The fourth-order valence-electron chi connectivity index (χ4n) is 1.90. The van der Waals surface area contributed by atoms with E-state index in [-0.39, 0.29) is 5.82 Å². The molecule has 0 unspecified atom stereocenters. The molecule has 1 nitrogen and oxygen atoms in total. The molecule has 1 aromatic rings. The number of anilines is 1. The fourth-order valence-corrected chi connectivity index (χ4v) is 1.90. The van der Waals surface area contributed by atoms with Crippen LogP contribution in [0, 0.1) is 11.7 Å². The summed E-state index contributed by atoms with van der Waals surface area (Å²) in [5.74, 6) is 0.516. The van der Waals surface area contributed by atoms with Crippen LogP contribution in [0.4, 0.5) is 10.1 Å². The SMILES string of the molecule is Fc1cccc(NC[C@@H]2CC=CCC2)c1. The molecule has 0 aliphatic heterocycles. The van der Waals surface area contributed by atoms with E-state index in [1.54, 1.807) is 12.1 Å². The second-order valence-electron chi connectivity index (χ2n) is 4.04. The average molecular weight is 205 g/mol. The molecule has 0 bridgehead atoms. The number of hydrogen-bond donors (Lipinski definition) is 1. The minimum absolute atomic E-state index is 0.177. The summed E-state index contributed by atoms with van der Waals surface area (Å²) in [5.41, 5.74) is 0.879. The number of allylic oxidation sites excluding steroid dienone is 2. The van der Waals surface area contributed by atoms with E-state index in [1.807, 2.05) is 6.07 Å². The summed E-state index contributed by atoms with van der Waals surface area (Å²) in [5, 5.41) is 3.28. The highest BCUT2D eigenvalue weighted by Gasteiger charge is 2.09. The average Bonchev–Trinajstić information content (AvgIpc) is 2.28. The number of rotatable bonds is 3. The number of nitrogens with one attached hydrogen (secondary N) is 1. The molecule has 1 aliphatic rings. The standard InChI is InChI=1S/C13H16FN/c14-12-7-4-8-13(9-12)15-10-11-5-2-1-3-6-11/h1-2,4,7-9,11,15H,3,5-6,10H2/t11-/m1/s1. The van der Waals surface area contributed by atoms with E-state index >= 15 is 0 Å². The molecule has 15 heavy (non-hydrogen) atoms. The zero-order valence-electron chi connectivity index (χ0n) is 8.75. The molecular weight excluding hydrogens is 189 g/mol. The first-order chi connectivity index (χ1) is 7.34. The van der Waals surface area contributed by atoms with Crippen LogP contribution in [0.25, 0.3) is 0 Å². The summed E-state index contributed by atoms with van der Waals surface area (Å²) in [6.07, 6.45) is 8.02. The zero-order chi connectivity index (χ0) is 10.5. The van der Waals surface area contributed by atoms with E-state index in [9.17, 15) is 4.39 Å². The van der Waals surface area contributed by atoms with Crippen LogP contribution in [0.2, 0.25) is 0 Å². The van der Waals surface area contributed by atoms with Crippen LogP contribution in [0.5, 0.6) is 0 Å². The van der Waals surface area contributed by atoms with E-state index < -0.39 is 0 Å². The first kappa shape index (κ1) is 10.2. The van der Waals surface area contributed by atoms with Gasteiger partial charge in [-0.15, -0.1) is 0 Å². The van der Waals surface area contributed by atoms with Gasteiger partial charge in [-0.1, -0.05) is 18.2 Å². The Labute approximate surface area is 90.0 Å². The topological polar surface area (TPSA) is 12.0 Å². The molecule has 0 amide bonds. The Morgan fingerprint density at radius 2 is 2.27 bits per heavy atom. The minimum Gasteiger partial charge on any atom is -0.385 e. The van der Waals surface area contributed by atoms with Crippen molar-refractivity contribution in [3.05, 3.63) is 42.2 Å². The number of benzene rings is 1. The van der Waals surface area contributed by atoms with Crippen molar-refractivity contribution >= 4 is 5.69 Å². The minimum atomic E-state index is -0.177. The van der Waals surface area contributed by atoms with Gasteiger partial charge in [0, 0.05) is 12.2 Å². The number of hydrogen-bond acceptors (Lipinski definition) is 1. The molecule has 1 N–H and O–H groups in total. The van der Waals surface area contributed by atoms with Crippen molar-refractivity contribution in [2.75, 3.05) is 11.9 Å². The smallest absolute Gasteiger partial charge is 0.125 e. The van der Waals surface area contributed by atoms with Crippen molar-refractivity contribution < 1.29 is 4.39 Å². The van der Waals surface area contributed by atoms with Gasteiger partial charge in [0.05, 0.1) is 0 Å². The van der Waals surface area contributed by atoms with Gasteiger partial charge in [0.2, 0.25) is 0 Å². The van der Waals surface area contributed by atoms with Crippen LogP contribution < -0.4 is 5.32 Å². The van der Waals surface area contributed by atoms with Crippen LogP contribution >= 0.6 is 0 Å². The van der Waals surface area contributed by atoms with Crippen LogP contribution in [-0.4, -0.2) is 6.54 Å². The third kappa shape index (κ3) is 3.08. The van der Waals surface area contributed by atoms with Gasteiger partial charge in [-0.25, -0.2) is 4.39 Å². The van der Waals surface area contributed by atoms with Crippen LogP contribution in [0.3, 0.4) is 0 Å². The lowest BCUT2D eigenvalue weighted by molar-refractivity contribution is 0.504. The molecule has 0 spiro atoms. The molecular formula is C13H16FN. The highest BCUT2D eigenvalue weighted by molar-refractivity contribution is 5.43. The Hall–Kier alpha value is -1.31. The number of halogens is 1. The van der Waals surface area contributed by atoms with Gasteiger partial charge >= 0.3 is 0 Å². The summed E-state index contributed by atoms with van der Waals surface area (Å²) in [6, 6.07) is 6.65. The molecule has 0 heterocycles. The maximum absolute atomic E-state index is 12.9. The fraction of sp³-hybridized carbons (Fsp3) is 0.385. The van der Waals surface area contributed by atoms with Crippen LogP contribution in [0.1, 0.15) is 19.3 Å². The molecule has 1 atom stereocenters.